The van der Waals surface area contributed by atoms with E-state index in [1.54, 1.807) is 6.92 Å². The first-order chi connectivity index (χ1) is 8.01. The standard InChI is InChI=1S/C11H12ClNO4/c1-2-13(6-14)10(11(16)17)7-3-4-9(15)8(12)5-7/h3-6,10,15H,2H2,1H3,(H,16,17). The number of benzene rings is 1. The van der Waals surface area contributed by atoms with Crippen LogP contribution in [0.5, 0.6) is 5.75 Å². The van der Waals surface area contributed by atoms with E-state index in [1.165, 1.54) is 18.2 Å². The van der Waals surface area contributed by atoms with E-state index in [4.69, 9.17) is 16.7 Å². The van der Waals surface area contributed by atoms with Gasteiger partial charge in [0, 0.05) is 6.54 Å². The van der Waals surface area contributed by atoms with Crippen LogP contribution in [0.1, 0.15) is 18.5 Å². The Labute approximate surface area is 103 Å². The molecule has 1 atom stereocenters. The molecule has 1 unspecified atom stereocenters. The fraction of sp³-hybridized carbons (Fsp3) is 0.273. The van der Waals surface area contributed by atoms with Gasteiger partial charge in [-0.05, 0) is 24.6 Å². The molecule has 1 amide bonds. The van der Waals surface area contributed by atoms with Gasteiger partial charge in [-0.25, -0.2) is 4.79 Å². The van der Waals surface area contributed by atoms with Gasteiger partial charge in [0.1, 0.15) is 5.75 Å². The summed E-state index contributed by atoms with van der Waals surface area (Å²) >= 11 is 5.70. The minimum absolute atomic E-state index is 0.0516. The van der Waals surface area contributed by atoms with Crippen molar-refractivity contribution in [2.24, 2.45) is 0 Å². The summed E-state index contributed by atoms with van der Waals surface area (Å²) in [6, 6.07) is 2.95. The fourth-order valence-corrected chi connectivity index (χ4v) is 1.68. The van der Waals surface area contributed by atoms with Crippen LogP contribution in [-0.4, -0.2) is 34.0 Å². The maximum Gasteiger partial charge on any atom is 0.331 e. The van der Waals surface area contributed by atoms with Crippen LogP contribution in [0.15, 0.2) is 18.2 Å². The van der Waals surface area contributed by atoms with Crippen LogP contribution in [0.25, 0.3) is 0 Å². The number of carbonyl (C=O) groups is 2. The van der Waals surface area contributed by atoms with Gasteiger partial charge in [0.25, 0.3) is 0 Å². The number of carboxylic acids is 1. The first-order valence-corrected chi connectivity index (χ1v) is 5.31. The molecule has 0 saturated carbocycles. The summed E-state index contributed by atoms with van der Waals surface area (Å²) in [7, 11) is 0. The summed E-state index contributed by atoms with van der Waals surface area (Å²) in [5.74, 6) is -1.28. The molecule has 0 fully saturated rings. The molecule has 5 nitrogen and oxygen atoms in total. The van der Waals surface area contributed by atoms with Crippen molar-refractivity contribution in [3.8, 4) is 5.75 Å². The first-order valence-electron chi connectivity index (χ1n) is 4.93. The SMILES string of the molecule is CCN(C=O)C(C(=O)O)c1ccc(O)c(Cl)c1. The summed E-state index contributed by atoms with van der Waals surface area (Å²) in [6.45, 7) is 1.94. The summed E-state index contributed by atoms with van der Waals surface area (Å²) in [4.78, 5) is 23.1. The van der Waals surface area contributed by atoms with E-state index in [2.05, 4.69) is 0 Å². The highest BCUT2D eigenvalue weighted by molar-refractivity contribution is 6.32. The zero-order valence-electron chi connectivity index (χ0n) is 9.13. The number of hydrogen-bond acceptors (Lipinski definition) is 3. The Morgan fingerprint density at radius 2 is 2.24 bits per heavy atom. The number of phenols is 1. The van der Waals surface area contributed by atoms with E-state index >= 15 is 0 Å². The monoisotopic (exact) mass is 257 g/mol. The zero-order valence-corrected chi connectivity index (χ0v) is 9.89. The highest BCUT2D eigenvalue weighted by Crippen LogP contribution is 2.28. The lowest BCUT2D eigenvalue weighted by Gasteiger charge is -2.23. The third-order valence-corrected chi connectivity index (χ3v) is 2.66. The number of carboxylic acid groups (broad SMARTS) is 1. The largest absolute Gasteiger partial charge is 0.506 e. The summed E-state index contributed by atoms with van der Waals surface area (Å²) < 4.78 is 0. The third-order valence-electron chi connectivity index (χ3n) is 2.35. The molecule has 0 radical (unpaired) electrons. The summed E-state index contributed by atoms with van der Waals surface area (Å²) in [6.07, 6.45) is 0.472. The Hall–Kier alpha value is -1.75. The van der Waals surface area contributed by atoms with Crippen molar-refractivity contribution in [3.05, 3.63) is 28.8 Å². The Morgan fingerprint density at radius 1 is 1.59 bits per heavy atom. The lowest BCUT2D eigenvalue weighted by Crippen LogP contribution is -2.32. The number of halogens is 1. The predicted molar refractivity (Wildman–Crippen MR) is 61.9 cm³/mol. The molecule has 0 spiro atoms. The van der Waals surface area contributed by atoms with Gasteiger partial charge in [-0.2, -0.15) is 0 Å². The molecule has 0 aliphatic heterocycles. The van der Waals surface area contributed by atoms with Crippen LogP contribution in [0.2, 0.25) is 5.02 Å². The average Bonchev–Trinajstić information content (AvgIpc) is 2.29. The normalized spacial score (nSPS) is 11.9. The number of hydrogen-bond donors (Lipinski definition) is 2. The Balaban J connectivity index is 3.18. The second-order valence-corrected chi connectivity index (χ2v) is 3.79. The Morgan fingerprint density at radius 3 is 2.65 bits per heavy atom. The van der Waals surface area contributed by atoms with Crippen molar-refractivity contribution < 1.29 is 19.8 Å². The number of nitrogens with zero attached hydrogens (tertiary/aromatic N) is 1. The van der Waals surface area contributed by atoms with Crippen molar-refractivity contribution in [2.75, 3.05) is 6.54 Å². The smallest absolute Gasteiger partial charge is 0.331 e. The van der Waals surface area contributed by atoms with Gasteiger partial charge in [-0.1, -0.05) is 17.7 Å². The average molecular weight is 258 g/mol. The molecule has 1 rings (SSSR count). The molecular formula is C11H12ClNO4. The molecule has 2 N–H and O–H groups in total. The van der Waals surface area contributed by atoms with Gasteiger partial charge in [0.2, 0.25) is 6.41 Å². The minimum atomic E-state index is -1.15. The van der Waals surface area contributed by atoms with Crippen molar-refractivity contribution >= 4 is 24.0 Å². The van der Waals surface area contributed by atoms with Crippen molar-refractivity contribution in [1.29, 1.82) is 0 Å². The molecule has 0 aromatic heterocycles. The molecule has 1 aromatic rings. The lowest BCUT2D eigenvalue weighted by atomic mass is 10.1. The van der Waals surface area contributed by atoms with Gasteiger partial charge in [-0.15, -0.1) is 0 Å². The fourth-order valence-electron chi connectivity index (χ4n) is 1.49. The molecular weight excluding hydrogens is 246 g/mol. The highest BCUT2D eigenvalue weighted by Gasteiger charge is 2.25. The van der Waals surface area contributed by atoms with Crippen LogP contribution < -0.4 is 0 Å². The minimum Gasteiger partial charge on any atom is -0.506 e. The molecule has 92 valence electrons. The lowest BCUT2D eigenvalue weighted by molar-refractivity contribution is -0.146. The van der Waals surface area contributed by atoms with Crippen LogP contribution in [0.4, 0.5) is 0 Å². The predicted octanol–water partition coefficient (Wildman–Crippen LogP) is 1.65. The molecule has 1 aromatic carbocycles. The number of aromatic hydroxyl groups is 1. The highest BCUT2D eigenvalue weighted by atomic mass is 35.5. The number of phenolic OH excluding ortho intramolecular Hbond substituents is 1. The summed E-state index contributed by atoms with van der Waals surface area (Å²) in [5.41, 5.74) is 0.342. The van der Waals surface area contributed by atoms with Crippen LogP contribution in [0, 0.1) is 0 Å². The maximum absolute atomic E-state index is 11.1. The van der Waals surface area contributed by atoms with Crippen LogP contribution in [-0.2, 0) is 9.59 Å². The maximum atomic E-state index is 11.1. The number of aliphatic carboxylic acids is 1. The van der Waals surface area contributed by atoms with Gasteiger partial charge in [0.05, 0.1) is 5.02 Å². The molecule has 0 aliphatic rings. The molecule has 0 bridgehead atoms. The van der Waals surface area contributed by atoms with Crippen molar-refractivity contribution in [3.63, 3.8) is 0 Å². The first kappa shape index (κ1) is 13.3. The second kappa shape index (κ2) is 5.54. The van der Waals surface area contributed by atoms with Crippen molar-refractivity contribution in [1.82, 2.24) is 4.90 Å². The second-order valence-electron chi connectivity index (χ2n) is 3.39. The van der Waals surface area contributed by atoms with E-state index in [0.717, 1.165) is 4.90 Å². The van der Waals surface area contributed by atoms with Gasteiger partial charge in [0.15, 0.2) is 6.04 Å². The number of carbonyl (C=O) groups excluding carboxylic acids is 1. The van der Waals surface area contributed by atoms with Crippen molar-refractivity contribution in [2.45, 2.75) is 13.0 Å². The Bertz CT molecular complexity index is 435. The molecule has 17 heavy (non-hydrogen) atoms. The third kappa shape index (κ3) is 2.88. The van der Waals surface area contributed by atoms with E-state index in [0.29, 0.717) is 12.0 Å². The quantitative estimate of drug-likeness (QED) is 0.787. The Kier molecular flexibility index (Phi) is 4.34. The topological polar surface area (TPSA) is 77.8 Å². The van der Waals surface area contributed by atoms with Gasteiger partial charge in [-0.3, -0.25) is 4.79 Å². The molecule has 0 aliphatic carbocycles. The van der Waals surface area contributed by atoms with Gasteiger partial charge < -0.3 is 15.1 Å². The van der Waals surface area contributed by atoms with E-state index in [1.807, 2.05) is 0 Å². The molecule has 0 saturated heterocycles. The van der Waals surface area contributed by atoms with E-state index in [9.17, 15) is 14.7 Å². The zero-order chi connectivity index (χ0) is 13.0. The van der Waals surface area contributed by atoms with Gasteiger partial charge >= 0.3 is 5.97 Å². The molecule has 6 heteroatoms. The van der Waals surface area contributed by atoms with E-state index < -0.39 is 12.0 Å². The van der Waals surface area contributed by atoms with Crippen LogP contribution >= 0.6 is 11.6 Å². The van der Waals surface area contributed by atoms with Crippen LogP contribution in [0.3, 0.4) is 0 Å². The van der Waals surface area contributed by atoms with E-state index in [-0.39, 0.29) is 17.3 Å². The summed E-state index contributed by atoms with van der Waals surface area (Å²) in [5, 5.41) is 18.4. The number of amides is 1. The number of rotatable bonds is 5. The number of likely N-dealkylation sites (N-methyl/N-ethyl adjacent to an activating group) is 1. The molecule has 0 heterocycles.